The monoisotopic (exact) mass is 308 g/mol. The molecule has 0 amide bonds. The molecule has 1 aliphatic heterocycles. The first-order valence-electron chi connectivity index (χ1n) is 9.15. The van der Waals surface area contributed by atoms with Crippen molar-refractivity contribution < 1.29 is 14.3 Å². The van der Waals surface area contributed by atoms with Gasteiger partial charge in [-0.1, -0.05) is 83.3 Å². The number of carbonyl (C=O) groups excluding carboxylic acids is 2. The second kappa shape index (κ2) is 12.4. The molecular formula is C19H32O3. The van der Waals surface area contributed by atoms with Crippen molar-refractivity contribution in [3.8, 4) is 0 Å². The van der Waals surface area contributed by atoms with E-state index in [-0.39, 0.29) is 18.3 Å². The molecule has 1 fully saturated rings. The van der Waals surface area contributed by atoms with E-state index in [2.05, 4.69) is 11.7 Å². The number of hydrogen-bond acceptors (Lipinski definition) is 3. The van der Waals surface area contributed by atoms with E-state index in [9.17, 15) is 9.59 Å². The zero-order chi connectivity index (χ0) is 16.0. The number of allylic oxidation sites excluding steroid dienone is 1. The van der Waals surface area contributed by atoms with Gasteiger partial charge in [-0.15, -0.1) is 0 Å². The normalized spacial score (nSPS) is 18.3. The standard InChI is InChI=1S/C19H32O3/c1-2-3-4-5-6-7-8-9-10-11-12-13-14-15-17-16-18(20)22-19(17)21/h14-15,17H,2-13,16H2,1H3. The molecule has 0 radical (unpaired) electrons. The second-order valence-corrected chi connectivity index (χ2v) is 6.36. The fraction of sp³-hybridized carbons (Fsp3) is 0.789. The van der Waals surface area contributed by atoms with Gasteiger partial charge in [0.05, 0.1) is 12.3 Å². The second-order valence-electron chi connectivity index (χ2n) is 6.36. The first-order chi connectivity index (χ1) is 10.7. The van der Waals surface area contributed by atoms with Gasteiger partial charge in [0.2, 0.25) is 0 Å². The molecule has 1 unspecified atom stereocenters. The first kappa shape index (κ1) is 18.9. The van der Waals surface area contributed by atoms with Crippen LogP contribution in [-0.2, 0) is 14.3 Å². The van der Waals surface area contributed by atoms with Crippen molar-refractivity contribution in [3.05, 3.63) is 12.2 Å². The molecule has 0 aromatic rings. The minimum absolute atomic E-state index is 0.216. The number of ether oxygens (including phenoxy) is 1. The molecule has 0 aromatic heterocycles. The lowest BCUT2D eigenvalue weighted by Crippen LogP contribution is -2.03. The minimum Gasteiger partial charge on any atom is -0.393 e. The van der Waals surface area contributed by atoms with Gasteiger partial charge in [-0.2, -0.15) is 0 Å². The Morgan fingerprint density at radius 3 is 1.95 bits per heavy atom. The van der Waals surface area contributed by atoms with E-state index >= 15 is 0 Å². The lowest BCUT2D eigenvalue weighted by atomic mass is 10.0. The molecule has 0 aliphatic carbocycles. The maximum atomic E-state index is 11.2. The minimum atomic E-state index is -0.394. The smallest absolute Gasteiger partial charge is 0.321 e. The summed E-state index contributed by atoms with van der Waals surface area (Å²) in [4.78, 5) is 22.2. The molecule has 1 saturated heterocycles. The highest BCUT2D eigenvalue weighted by Crippen LogP contribution is 2.18. The molecule has 3 heteroatoms. The molecule has 0 spiro atoms. The Labute approximate surface area is 135 Å². The summed E-state index contributed by atoms with van der Waals surface area (Å²) in [5.74, 6) is -1.12. The molecule has 3 nitrogen and oxygen atoms in total. The van der Waals surface area contributed by atoms with Crippen LogP contribution in [0.25, 0.3) is 0 Å². The zero-order valence-electron chi connectivity index (χ0n) is 14.1. The number of esters is 2. The maximum absolute atomic E-state index is 11.2. The predicted octanol–water partition coefficient (Wildman–Crippen LogP) is 5.33. The van der Waals surface area contributed by atoms with E-state index in [0.29, 0.717) is 0 Å². The number of rotatable bonds is 13. The third-order valence-electron chi connectivity index (χ3n) is 4.25. The van der Waals surface area contributed by atoms with Crippen molar-refractivity contribution in [1.82, 2.24) is 0 Å². The van der Waals surface area contributed by atoms with Gasteiger partial charge >= 0.3 is 11.9 Å². The quantitative estimate of drug-likeness (QED) is 0.200. The molecule has 1 heterocycles. The molecule has 22 heavy (non-hydrogen) atoms. The number of cyclic esters (lactones) is 2. The van der Waals surface area contributed by atoms with E-state index in [4.69, 9.17) is 0 Å². The van der Waals surface area contributed by atoms with E-state index in [0.717, 1.165) is 6.42 Å². The van der Waals surface area contributed by atoms with Gasteiger partial charge in [-0.05, 0) is 12.8 Å². The Bertz CT molecular complexity index is 347. The van der Waals surface area contributed by atoms with Crippen LogP contribution in [0.15, 0.2) is 12.2 Å². The lowest BCUT2D eigenvalue weighted by Gasteiger charge is -2.02. The Morgan fingerprint density at radius 2 is 1.45 bits per heavy atom. The van der Waals surface area contributed by atoms with Crippen LogP contribution in [0.5, 0.6) is 0 Å². The first-order valence-corrected chi connectivity index (χ1v) is 9.15. The highest BCUT2D eigenvalue weighted by Gasteiger charge is 2.30. The van der Waals surface area contributed by atoms with Crippen LogP contribution in [0.4, 0.5) is 0 Å². The van der Waals surface area contributed by atoms with Crippen molar-refractivity contribution in [2.24, 2.45) is 5.92 Å². The Hall–Kier alpha value is -1.12. The Morgan fingerprint density at radius 1 is 0.909 bits per heavy atom. The van der Waals surface area contributed by atoms with Crippen LogP contribution in [0.3, 0.4) is 0 Å². The maximum Gasteiger partial charge on any atom is 0.321 e. The average Bonchev–Trinajstić information content (AvgIpc) is 2.82. The topological polar surface area (TPSA) is 43.4 Å². The molecule has 1 aliphatic rings. The van der Waals surface area contributed by atoms with Crippen LogP contribution >= 0.6 is 0 Å². The molecule has 1 rings (SSSR count). The summed E-state index contributed by atoms with van der Waals surface area (Å²) in [7, 11) is 0. The van der Waals surface area contributed by atoms with Crippen LogP contribution in [0.1, 0.15) is 90.4 Å². The summed E-state index contributed by atoms with van der Waals surface area (Å²) in [5, 5.41) is 0. The number of unbranched alkanes of at least 4 members (excludes halogenated alkanes) is 11. The predicted molar refractivity (Wildman–Crippen MR) is 89.4 cm³/mol. The van der Waals surface area contributed by atoms with E-state index in [1.54, 1.807) is 0 Å². The van der Waals surface area contributed by atoms with E-state index < -0.39 is 5.97 Å². The van der Waals surface area contributed by atoms with Crippen LogP contribution in [-0.4, -0.2) is 11.9 Å². The summed E-state index contributed by atoms with van der Waals surface area (Å²) in [5.41, 5.74) is 0. The van der Waals surface area contributed by atoms with Crippen molar-refractivity contribution in [3.63, 3.8) is 0 Å². The van der Waals surface area contributed by atoms with Gasteiger partial charge in [0.1, 0.15) is 0 Å². The third kappa shape index (κ3) is 9.01. The highest BCUT2D eigenvalue weighted by atomic mass is 16.6. The van der Waals surface area contributed by atoms with Crippen molar-refractivity contribution in [2.75, 3.05) is 0 Å². The molecule has 0 saturated carbocycles. The summed E-state index contributed by atoms with van der Waals surface area (Å²) in [6.07, 6.45) is 19.9. The molecule has 1 atom stereocenters. The van der Waals surface area contributed by atoms with Crippen molar-refractivity contribution >= 4 is 11.9 Å². The fourth-order valence-electron chi connectivity index (χ4n) is 2.83. The molecule has 0 N–H and O–H groups in total. The molecule has 126 valence electrons. The SMILES string of the molecule is CCCCCCCCCCCCCC=CC1CC(=O)OC1=O. The van der Waals surface area contributed by atoms with Gasteiger partial charge < -0.3 is 4.74 Å². The van der Waals surface area contributed by atoms with E-state index in [1.807, 2.05) is 12.2 Å². The molecule has 0 bridgehead atoms. The average molecular weight is 308 g/mol. The summed E-state index contributed by atoms with van der Waals surface area (Å²) < 4.78 is 4.51. The van der Waals surface area contributed by atoms with Crippen LogP contribution in [0, 0.1) is 5.92 Å². The van der Waals surface area contributed by atoms with Crippen molar-refractivity contribution in [1.29, 1.82) is 0 Å². The van der Waals surface area contributed by atoms with E-state index in [1.165, 1.54) is 70.6 Å². The summed E-state index contributed by atoms with van der Waals surface area (Å²) in [6.45, 7) is 2.26. The fourth-order valence-corrected chi connectivity index (χ4v) is 2.83. The van der Waals surface area contributed by atoms with Gasteiger partial charge in [0.15, 0.2) is 0 Å². The zero-order valence-corrected chi connectivity index (χ0v) is 14.1. The Balaban J connectivity index is 1.84. The van der Waals surface area contributed by atoms with Crippen molar-refractivity contribution in [2.45, 2.75) is 90.4 Å². The van der Waals surface area contributed by atoms with Crippen LogP contribution < -0.4 is 0 Å². The largest absolute Gasteiger partial charge is 0.393 e. The number of hydrogen-bond donors (Lipinski definition) is 0. The highest BCUT2D eigenvalue weighted by molar-refractivity contribution is 5.95. The molecule has 0 aromatic carbocycles. The van der Waals surface area contributed by atoms with Gasteiger partial charge in [-0.25, -0.2) is 0 Å². The van der Waals surface area contributed by atoms with Gasteiger partial charge in [0.25, 0.3) is 0 Å². The summed E-state index contributed by atoms with van der Waals surface area (Å²) >= 11 is 0. The molecular weight excluding hydrogens is 276 g/mol. The Kier molecular flexibility index (Phi) is 10.7. The van der Waals surface area contributed by atoms with Gasteiger partial charge in [0, 0.05) is 0 Å². The van der Waals surface area contributed by atoms with Crippen LogP contribution in [0.2, 0.25) is 0 Å². The lowest BCUT2D eigenvalue weighted by molar-refractivity contribution is -0.152. The third-order valence-corrected chi connectivity index (χ3v) is 4.25. The number of carbonyl (C=O) groups is 2. The summed E-state index contributed by atoms with van der Waals surface area (Å²) in [6, 6.07) is 0. The van der Waals surface area contributed by atoms with Gasteiger partial charge in [-0.3, -0.25) is 9.59 Å².